The highest BCUT2D eigenvalue weighted by molar-refractivity contribution is 5.96. The van der Waals surface area contributed by atoms with Crippen molar-refractivity contribution in [1.29, 1.82) is 0 Å². The Bertz CT molecular complexity index is 814. The highest BCUT2D eigenvalue weighted by Gasteiger charge is 2.29. The van der Waals surface area contributed by atoms with E-state index < -0.39 is 17.9 Å². The molecular formula is C19H22FN3O3. The van der Waals surface area contributed by atoms with Crippen molar-refractivity contribution in [1.82, 2.24) is 15.1 Å². The number of fused-ring (bicyclic) bond motifs is 1. The van der Waals surface area contributed by atoms with Crippen LogP contribution in [0.3, 0.4) is 0 Å². The number of benzene rings is 1. The van der Waals surface area contributed by atoms with E-state index in [2.05, 4.69) is 10.4 Å². The fraction of sp³-hybridized carbons (Fsp3) is 0.421. The normalized spacial score (nSPS) is 14.1. The van der Waals surface area contributed by atoms with Crippen LogP contribution in [0.25, 0.3) is 5.69 Å². The van der Waals surface area contributed by atoms with Gasteiger partial charge in [-0.3, -0.25) is 4.79 Å². The summed E-state index contributed by atoms with van der Waals surface area (Å²) < 4.78 is 14.8. The molecule has 0 saturated heterocycles. The first-order chi connectivity index (χ1) is 12.5. The zero-order valence-electron chi connectivity index (χ0n) is 14.7. The highest BCUT2D eigenvalue weighted by Crippen LogP contribution is 2.28. The van der Waals surface area contributed by atoms with Crippen molar-refractivity contribution in [2.45, 2.75) is 51.5 Å². The Morgan fingerprint density at radius 1 is 1.31 bits per heavy atom. The Balaban J connectivity index is 1.88. The molecule has 0 bridgehead atoms. The van der Waals surface area contributed by atoms with E-state index in [-0.39, 0.29) is 11.5 Å². The maximum atomic E-state index is 13.2. The van der Waals surface area contributed by atoms with Crippen molar-refractivity contribution >= 4 is 11.9 Å². The quantitative estimate of drug-likeness (QED) is 0.796. The predicted molar refractivity (Wildman–Crippen MR) is 94.0 cm³/mol. The van der Waals surface area contributed by atoms with Crippen LogP contribution in [0, 0.1) is 5.82 Å². The molecule has 1 aromatic heterocycles. The third-order valence-electron chi connectivity index (χ3n) is 4.67. The van der Waals surface area contributed by atoms with Gasteiger partial charge in [-0.1, -0.05) is 19.8 Å². The number of unbranched alkanes of at least 4 members (excludes halogenated alkanes) is 1. The standard InChI is InChI=1S/C19H22FN3O3/c1-2-3-6-15(19(25)26)21-18(24)17-14-5-4-7-16(14)23(22-17)13-10-8-12(20)9-11-13/h8-11,15H,2-7H2,1H3,(H,21,24)(H,25,26)/t15-/m0/s1. The first kappa shape index (κ1) is 18.1. The van der Waals surface area contributed by atoms with Gasteiger partial charge in [0.25, 0.3) is 5.91 Å². The monoisotopic (exact) mass is 359 g/mol. The molecule has 6 nitrogen and oxygen atoms in total. The fourth-order valence-corrected chi connectivity index (χ4v) is 3.31. The molecule has 1 heterocycles. The second-order valence-corrected chi connectivity index (χ2v) is 6.52. The van der Waals surface area contributed by atoms with Gasteiger partial charge in [0, 0.05) is 11.3 Å². The summed E-state index contributed by atoms with van der Waals surface area (Å²) >= 11 is 0. The molecule has 1 atom stereocenters. The predicted octanol–water partition coefficient (Wildman–Crippen LogP) is 2.87. The number of aromatic nitrogens is 2. The zero-order chi connectivity index (χ0) is 18.7. The number of carbonyl (C=O) groups excluding carboxylic acids is 1. The lowest BCUT2D eigenvalue weighted by molar-refractivity contribution is -0.139. The number of nitrogens with zero attached hydrogens (tertiary/aromatic N) is 2. The first-order valence-corrected chi connectivity index (χ1v) is 8.91. The van der Waals surface area contributed by atoms with Crippen molar-refractivity contribution in [2.24, 2.45) is 0 Å². The molecule has 1 aromatic carbocycles. The molecule has 1 aliphatic carbocycles. The molecule has 26 heavy (non-hydrogen) atoms. The largest absolute Gasteiger partial charge is 0.480 e. The third kappa shape index (κ3) is 3.61. The fourth-order valence-electron chi connectivity index (χ4n) is 3.31. The zero-order valence-corrected chi connectivity index (χ0v) is 14.7. The minimum absolute atomic E-state index is 0.268. The van der Waals surface area contributed by atoms with E-state index in [4.69, 9.17) is 0 Å². The molecule has 1 amide bonds. The lowest BCUT2D eigenvalue weighted by atomic mass is 10.1. The van der Waals surface area contributed by atoms with Crippen LogP contribution in [-0.2, 0) is 17.6 Å². The number of carboxylic acid groups (broad SMARTS) is 1. The van der Waals surface area contributed by atoms with Crippen LogP contribution in [-0.4, -0.2) is 32.8 Å². The second kappa shape index (κ2) is 7.68. The Morgan fingerprint density at radius 2 is 2.04 bits per heavy atom. The summed E-state index contributed by atoms with van der Waals surface area (Å²) in [5.41, 5.74) is 2.74. The molecule has 0 saturated carbocycles. The molecule has 2 aromatic rings. The van der Waals surface area contributed by atoms with E-state index in [0.29, 0.717) is 12.1 Å². The van der Waals surface area contributed by atoms with Crippen LogP contribution in [0.2, 0.25) is 0 Å². The molecule has 0 aliphatic heterocycles. The van der Waals surface area contributed by atoms with Gasteiger partial charge in [0.15, 0.2) is 5.69 Å². The van der Waals surface area contributed by atoms with Gasteiger partial charge in [-0.25, -0.2) is 13.9 Å². The van der Waals surface area contributed by atoms with Crippen molar-refractivity contribution in [2.75, 3.05) is 0 Å². The Kier molecular flexibility index (Phi) is 5.35. The third-order valence-corrected chi connectivity index (χ3v) is 4.67. The summed E-state index contributed by atoms with van der Waals surface area (Å²) in [5.74, 6) is -1.84. The van der Waals surface area contributed by atoms with E-state index in [0.717, 1.165) is 43.4 Å². The summed E-state index contributed by atoms with van der Waals surface area (Å²) in [5, 5.41) is 16.3. The number of aliphatic carboxylic acids is 1. The van der Waals surface area contributed by atoms with Crippen molar-refractivity contribution in [3.8, 4) is 5.69 Å². The van der Waals surface area contributed by atoms with E-state index in [1.165, 1.54) is 12.1 Å². The number of nitrogens with one attached hydrogen (secondary N) is 1. The molecule has 3 rings (SSSR count). The van der Waals surface area contributed by atoms with Gasteiger partial charge in [-0.05, 0) is 49.9 Å². The summed E-state index contributed by atoms with van der Waals surface area (Å²) in [6.07, 6.45) is 4.38. The van der Waals surface area contributed by atoms with Crippen molar-refractivity contribution < 1.29 is 19.1 Å². The highest BCUT2D eigenvalue weighted by atomic mass is 19.1. The van der Waals surface area contributed by atoms with Crippen LogP contribution in [0.4, 0.5) is 4.39 Å². The second-order valence-electron chi connectivity index (χ2n) is 6.52. The summed E-state index contributed by atoms with van der Waals surface area (Å²) in [7, 11) is 0. The number of halogens is 1. The van der Waals surface area contributed by atoms with Crippen LogP contribution >= 0.6 is 0 Å². The number of carbonyl (C=O) groups is 2. The molecule has 0 radical (unpaired) electrons. The molecule has 0 spiro atoms. The Labute approximate surface area is 151 Å². The topological polar surface area (TPSA) is 84.2 Å². The number of rotatable bonds is 7. The van der Waals surface area contributed by atoms with Gasteiger partial charge in [0.1, 0.15) is 11.9 Å². The first-order valence-electron chi connectivity index (χ1n) is 8.91. The maximum Gasteiger partial charge on any atom is 0.326 e. The van der Waals surface area contributed by atoms with Gasteiger partial charge < -0.3 is 10.4 Å². The number of amides is 1. The minimum Gasteiger partial charge on any atom is -0.480 e. The number of hydrogen-bond acceptors (Lipinski definition) is 3. The average Bonchev–Trinajstić information content (AvgIpc) is 3.21. The lowest BCUT2D eigenvalue weighted by Gasteiger charge is -2.13. The minimum atomic E-state index is -1.04. The van der Waals surface area contributed by atoms with Gasteiger partial charge in [-0.2, -0.15) is 5.10 Å². The van der Waals surface area contributed by atoms with E-state index in [1.54, 1.807) is 16.8 Å². The van der Waals surface area contributed by atoms with Gasteiger partial charge >= 0.3 is 5.97 Å². The van der Waals surface area contributed by atoms with E-state index >= 15 is 0 Å². The molecule has 0 unspecified atom stereocenters. The SMILES string of the molecule is CCCC[C@H](NC(=O)c1nn(-c2ccc(F)cc2)c2c1CCC2)C(=O)O. The van der Waals surface area contributed by atoms with Crippen molar-refractivity contribution in [3.05, 3.63) is 47.0 Å². The molecular weight excluding hydrogens is 337 g/mol. The Hall–Kier alpha value is -2.70. The summed E-state index contributed by atoms with van der Waals surface area (Å²) in [6, 6.07) is 5.01. The van der Waals surface area contributed by atoms with Gasteiger partial charge in [0.2, 0.25) is 0 Å². The number of carboxylic acids is 1. The number of hydrogen-bond donors (Lipinski definition) is 2. The van der Waals surface area contributed by atoms with E-state index in [9.17, 15) is 19.1 Å². The summed E-state index contributed by atoms with van der Waals surface area (Å²) in [6.45, 7) is 1.97. The van der Waals surface area contributed by atoms with Crippen LogP contribution < -0.4 is 5.32 Å². The van der Waals surface area contributed by atoms with E-state index in [1.807, 2.05) is 6.92 Å². The lowest BCUT2D eigenvalue weighted by Crippen LogP contribution is -2.41. The van der Waals surface area contributed by atoms with Crippen LogP contribution in [0.15, 0.2) is 24.3 Å². The molecule has 1 aliphatic rings. The maximum absolute atomic E-state index is 13.2. The average molecular weight is 359 g/mol. The summed E-state index contributed by atoms with van der Waals surface area (Å²) in [4.78, 5) is 24.1. The van der Waals surface area contributed by atoms with Crippen LogP contribution in [0.5, 0.6) is 0 Å². The van der Waals surface area contributed by atoms with Gasteiger partial charge in [-0.15, -0.1) is 0 Å². The molecule has 138 valence electrons. The molecule has 0 fully saturated rings. The van der Waals surface area contributed by atoms with Crippen molar-refractivity contribution in [3.63, 3.8) is 0 Å². The molecule has 7 heteroatoms. The smallest absolute Gasteiger partial charge is 0.326 e. The van der Waals surface area contributed by atoms with Crippen LogP contribution in [0.1, 0.15) is 54.4 Å². The van der Waals surface area contributed by atoms with Gasteiger partial charge in [0.05, 0.1) is 5.69 Å². The molecule has 2 N–H and O–H groups in total. The Morgan fingerprint density at radius 3 is 2.69 bits per heavy atom.